The zero-order chi connectivity index (χ0) is 59.9. The van der Waals surface area contributed by atoms with Gasteiger partial charge in [-0.05, 0) is 122 Å². The fourth-order valence-corrected chi connectivity index (χ4v) is 10.2. The summed E-state index contributed by atoms with van der Waals surface area (Å²) >= 11 is 0. The maximum atomic E-state index is 13.0. The molecule has 6 heteroatoms. The molecule has 0 aromatic rings. The van der Waals surface area contributed by atoms with Crippen molar-refractivity contribution >= 4 is 17.9 Å². The maximum Gasteiger partial charge on any atom is 0.306 e. The summed E-state index contributed by atoms with van der Waals surface area (Å²) in [5.41, 5.74) is 0. The third-order valence-corrected chi connectivity index (χ3v) is 15.5. The van der Waals surface area contributed by atoms with Crippen LogP contribution in [0.2, 0.25) is 0 Å². The zero-order valence-corrected chi connectivity index (χ0v) is 54.9. The Morgan fingerprint density at radius 3 is 0.735 bits per heavy atom. The Morgan fingerprint density at radius 1 is 0.253 bits per heavy atom. The van der Waals surface area contributed by atoms with Crippen molar-refractivity contribution < 1.29 is 28.6 Å². The predicted octanol–water partition coefficient (Wildman–Crippen LogP) is 24.8. The van der Waals surface area contributed by atoms with E-state index in [2.05, 4.69) is 118 Å². The van der Waals surface area contributed by atoms with Crippen molar-refractivity contribution in [3.63, 3.8) is 0 Å². The highest BCUT2D eigenvalue weighted by Gasteiger charge is 2.19. The van der Waals surface area contributed by atoms with Gasteiger partial charge in [-0.2, -0.15) is 0 Å². The summed E-state index contributed by atoms with van der Waals surface area (Å²) in [6.07, 6.45) is 95.7. The van der Waals surface area contributed by atoms with E-state index in [1.54, 1.807) is 0 Å². The second-order valence-electron chi connectivity index (χ2n) is 23.8. The van der Waals surface area contributed by atoms with Gasteiger partial charge in [0, 0.05) is 19.3 Å². The fraction of sp³-hybridized carbons (Fsp3) is 0.753. The molecule has 0 heterocycles. The Bertz CT molecular complexity index is 1610. The van der Waals surface area contributed by atoms with Crippen molar-refractivity contribution in [2.75, 3.05) is 13.2 Å². The van der Waals surface area contributed by atoms with Crippen molar-refractivity contribution in [3.05, 3.63) is 97.2 Å². The highest BCUT2D eigenvalue weighted by molar-refractivity contribution is 5.71. The highest BCUT2D eigenvalue weighted by Crippen LogP contribution is 2.17. The molecule has 0 amide bonds. The van der Waals surface area contributed by atoms with Crippen LogP contribution in [0.3, 0.4) is 0 Å². The first-order valence-corrected chi connectivity index (χ1v) is 35.7. The minimum absolute atomic E-state index is 0.0847. The van der Waals surface area contributed by atoms with E-state index in [1.165, 1.54) is 199 Å². The smallest absolute Gasteiger partial charge is 0.306 e. The van der Waals surface area contributed by atoms with E-state index in [-0.39, 0.29) is 31.1 Å². The lowest BCUT2D eigenvalue weighted by Crippen LogP contribution is -2.30. The highest BCUT2D eigenvalue weighted by atomic mass is 16.6. The van der Waals surface area contributed by atoms with E-state index in [9.17, 15) is 14.4 Å². The van der Waals surface area contributed by atoms with Crippen LogP contribution < -0.4 is 0 Å². The molecule has 0 rings (SSSR count). The van der Waals surface area contributed by atoms with Gasteiger partial charge in [0.2, 0.25) is 0 Å². The lowest BCUT2D eigenvalue weighted by atomic mass is 10.0. The number of hydrogen-bond donors (Lipinski definition) is 0. The van der Waals surface area contributed by atoms with Crippen LogP contribution in [0.15, 0.2) is 97.2 Å². The molecule has 1 atom stereocenters. The third kappa shape index (κ3) is 69.0. The minimum atomic E-state index is -0.792. The second-order valence-corrected chi connectivity index (χ2v) is 23.8. The quantitative estimate of drug-likeness (QED) is 0.0261. The SMILES string of the molecule is CC/C=C\C/C=C\C/C=C\CCCCCCCCCC(=O)OCC(COC(=O)CCCCCCCCCCCCCCCCC/C=C\C/C=C\CCCCCCC)OC(=O)CCCCCCCC/C=C\C/C=C\C/C=C\CCCCCCC. The zero-order valence-electron chi connectivity index (χ0n) is 54.9. The van der Waals surface area contributed by atoms with Crippen LogP contribution in [0.25, 0.3) is 0 Å². The molecule has 0 bridgehead atoms. The standard InChI is InChI=1S/C77H134O6/c1-4-7-10-13-16-19-22-25-28-31-33-35-36-37-38-39-40-42-43-46-49-52-55-58-61-64-67-70-76(79)82-73-74(72-81-75(78)69-66-63-60-57-54-51-48-45-30-27-24-21-18-15-12-9-6-3)83-77(80)71-68-65-62-59-56-53-50-47-44-41-34-32-29-26-23-20-17-14-11-8-5-2/h9,12,18,21-23,25-27,30-34,44,47,74H,4-8,10-11,13-17,19-20,24,28-29,35-43,45-46,48-73H2,1-3H3/b12-9-,21-18-,25-22-,26-23-,30-27-,33-31-,34-32-,47-44-. The summed E-state index contributed by atoms with van der Waals surface area (Å²) < 4.78 is 17.0. The third-order valence-electron chi connectivity index (χ3n) is 15.5. The van der Waals surface area contributed by atoms with Crippen LogP contribution in [0.4, 0.5) is 0 Å². The predicted molar refractivity (Wildman–Crippen MR) is 362 cm³/mol. The molecule has 0 radical (unpaired) electrons. The summed E-state index contributed by atoms with van der Waals surface area (Å²) in [4.78, 5) is 38.5. The summed E-state index contributed by atoms with van der Waals surface area (Å²) in [6, 6.07) is 0. The number of ether oxygens (including phenoxy) is 3. The molecule has 0 aliphatic heterocycles. The first kappa shape index (κ1) is 79.3. The molecule has 0 aliphatic rings. The van der Waals surface area contributed by atoms with E-state index in [1.807, 2.05) is 0 Å². The normalized spacial score (nSPS) is 12.7. The number of unbranched alkanes of at least 4 members (excludes halogenated alkanes) is 38. The Balaban J connectivity index is 4.35. The molecule has 0 saturated heterocycles. The van der Waals surface area contributed by atoms with Crippen molar-refractivity contribution in [1.29, 1.82) is 0 Å². The summed E-state index contributed by atoms with van der Waals surface area (Å²) in [6.45, 7) is 6.53. The van der Waals surface area contributed by atoms with Gasteiger partial charge >= 0.3 is 17.9 Å². The van der Waals surface area contributed by atoms with Gasteiger partial charge in [0.15, 0.2) is 6.10 Å². The molecule has 0 fully saturated rings. The van der Waals surface area contributed by atoms with Gasteiger partial charge in [0.05, 0.1) is 0 Å². The number of hydrogen-bond acceptors (Lipinski definition) is 6. The molecule has 0 aliphatic carbocycles. The van der Waals surface area contributed by atoms with Crippen molar-refractivity contribution in [2.45, 2.75) is 361 Å². The molecule has 0 aromatic heterocycles. The number of esters is 3. The van der Waals surface area contributed by atoms with Gasteiger partial charge in [0.25, 0.3) is 0 Å². The Hall–Kier alpha value is -3.67. The van der Waals surface area contributed by atoms with Crippen molar-refractivity contribution in [2.24, 2.45) is 0 Å². The largest absolute Gasteiger partial charge is 0.462 e. The lowest BCUT2D eigenvalue weighted by Gasteiger charge is -2.18. The molecule has 6 nitrogen and oxygen atoms in total. The number of carbonyl (C=O) groups excluding carboxylic acids is 3. The summed E-state index contributed by atoms with van der Waals surface area (Å²) in [7, 11) is 0. The lowest BCUT2D eigenvalue weighted by molar-refractivity contribution is -0.167. The van der Waals surface area contributed by atoms with Gasteiger partial charge in [-0.15, -0.1) is 0 Å². The molecule has 0 spiro atoms. The molecule has 0 saturated carbocycles. The number of allylic oxidation sites excluding steroid dienone is 16. The van der Waals surface area contributed by atoms with Crippen molar-refractivity contribution in [3.8, 4) is 0 Å². The number of carbonyl (C=O) groups is 3. The average molecular weight is 1160 g/mol. The Labute approximate surface area is 515 Å². The molecule has 0 N–H and O–H groups in total. The van der Waals surface area contributed by atoms with Gasteiger partial charge in [-0.1, -0.05) is 311 Å². The van der Waals surface area contributed by atoms with Crippen LogP contribution >= 0.6 is 0 Å². The average Bonchev–Trinajstić information content (AvgIpc) is 3.50. The molecule has 478 valence electrons. The van der Waals surface area contributed by atoms with Crippen LogP contribution in [0.5, 0.6) is 0 Å². The second kappa shape index (κ2) is 70.8. The van der Waals surface area contributed by atoms with E-state index in [4.69, 9.17) is 14.2 Å². The summed E-state index contributed by atoms with van der Waals surface area (Å²) in [5.74, 6) is -0.892. The van der Waals surface area contributed by atoms with E-state index < -0.39 is 6.10 Å². The molecule has 0 aromatic carbocycles. The Morgan fingerprint density at radius 2 is 0.470 bits per heavy atom. The Kier molecular flexibility index (Phi) is 67.7. The van der Waals surface area contributed by atoms with E-state index in [0.29, 0.717) is 19.3 Å². The van der Waals surface area contributed by atoms with Crippen LogP contribution in [-0.4, -0.2) is 37.2 Å². The topological polar surface area (TPSA) is 78.9 Å². The van der Waals surface area contributed by atoms with Crippen molar-refractivity contribution in [1.82, 2.24) is 0 Å². The first-order valence-electron chi connectivity index (χ1n) is 35.7. The molecule has 83 heavy (non-hydrogen) atoms. The van der Waals surface area contributed by atoms with Gasteiger partial charge < -0.3 is 14.2 Å². The summed E-state index contributed by atoms with van der Waals surface area (Å²) in [5, 5.41) is 0. The van der Waals surface area contributed by atoms with Gasteiger partial charge in [-0.3, -0.25) is 14.4 Å². The monoisotopic (exact) mass is 1160 g/mol. The van der Waals surface area contributed by atoms with E-state index in [0.717, 1.165) is 116 Å². The minimum Gasteiger partial charge on any atom is -0.462 e. The van der Waals surface area contributed by atoms with Crippen LogP contribution in [0.1, 0.15) is 355 Å². The van der Waals surface area contributed by atoms with Crippen LogP contribution in [-0.2, 0) is 28.6 Å². The fourth-order valence-electron chi connectivity index (χ4n) is 10.2. The molecular formula is C77H134O6. The molecule has 1 unspecified atom stereocenters. The maximum absolute atomic E-state index is 13.0. The van der Waals surface area contributed by atoms with Gasteiger partial charge in [-0.25, -0.2) is 0 Å². The van der Waals surface area contributed by atoms with E-state index >= 15 is 0 Å². The first-order chi connectivity index (χ1) is 41.0. The van der Waals surface area contributed by atoms with Crippen LogP contribution in [0, 0.1) is 0 Å². The molecular weight excluding hydrogens is 1020 g/mol. The van der Waals surface area contributed by atoms with Gasteiger partial charge in [0.1, 0.15) is 13.2 Å². The number of rotatable bonds is 65.